The standard InChI is InChI=1S/C20H23BrN2O3/c1-14-10-15(2)12-16(11-14)20(25)22-13-19(24)23(3)8-9-26-18-6-4-17(21)5-7-18/h4-7,10-12H,8-9,13H2,1-3H3,(H,22,25). The Hall–Kier alpha value is -2.34. The minimum absolute atomic E-state index is 0.0411. The molecule has 2 amide bonds. The SMILES string of the molecule is Cc1cc(C)cc(C(=O)NCC(=O)N(C)CCOc2ccc(Br)cc2)c1. The highest BCUT2D eigenvalue weighted by Gasteiger charge is 2.12. The fourth-order valence-corrected chi connectivity index (χ4v) is 2.72. The average Bonchev–Trinajstić information content (AvgIpc) is 2.60. The summed E-state index contributed by atoms with van der Waals surface area (Å²) in [5.74, 6) is 0.337. The van der Waals surface area contributed by atoms with Crippen molar-refractivity contribution >= 4 is 27.7 Å². The quantitative estimate of drug-likeness (QED) is 0.749. The fourth-order valence-electron chi connectivity index (χ4n) is 2.45. The molecule has 0 unspecified atom stereocenters. The van der Waals surface area contributed by atoms with E-state index in [2.05, 4.69) is 21.2 Å². The van der Waals surface area contributed by atoms with Crippen LogP contribution in [0.3, 0.4) is 0 Å². The molecule has 0 heterocycles. The normalized spacial score (nSPS) is 10.3. The van der Waals surface area contributed by atoms with E-state index < -0.39 is 0 Å². The molecule has 0 fully saturated rings. The van der Waals surface area contributed by atoms with Crippen LogP contribution in [0.4, 0.5) is 0 Å². The molecule has 0 radical (unpaired) electrons. The first-order valence-corrected chi connectivity index (χ1v) is 9.13. The number of aryl methyl sites for hydroxylation is 2. The number of rotatable bonds is 7. The van der Waals surface area contributed by atoms with Crippen molar-refractivity contribution in [3.8, 4) is 5.75 Å². The summed E-state index contributed by atoms with van der Waals surface area (Å²) >= 11 is 3.37. The van der Waals surface area contributed by atoms with Crippen LogP contribution in [0.15, 0.2) is 46.9 Å². The van der Waals surface area contributed by atoms with E-state index in [4.69, 9.17) is 4.74 Å². The summed E-state index contributed by atoms with van der Waals surface area (Å²) in [4.78, 5) is 25.9. The van der Waals surface area contributed by atoms with Gasteiger partial charge >= 0.3 is 0 Å². The van der Waals surface area contributed by atoms with E-state index in [1.54, 1.807) is 11.9 Å². The van der Waals surface area contributed by atoms with E-state index in [1.807, 2.05) is 56.3 Å². The highest BCUT2D eigenvalue weighted by Crippen LogP contribution is 2.15. The van der Waals surface area contributed by atoms with E-state index in [1.165, 1.54) is 0 Å². The van der Waals surface area contributed by atoms with Crippen molar-refractivity contribution in [1.29, 1.82) is 0 Å². The lowest BCUT2D eigenvalue weighted by molar-refractivity contribution is -0.129. The molecule has 0 atom stereocenters. The zero-order valence-electron chi connectivity index (χ0n) is 15.2. The van der Waals surface area contributed by atoms with Gasteiger partial charge in [-0.05, 0) is 50.2 Å². The monoisotopic (exact) mass is 418 g/mol. The first-order valence-electron chi connectivity index (χ1n) is 8.34. The van der Waals surface area contributed by atoms with Gasteiger partial charge in [0, 0.05) is 17.1 Å². The van der Waals surface area contributed by atoms with Gasteiger partial charge in [0.2, 0.25) is 5.91 Å². The third-order valence-corrected chi connectivity index (χ3v) is 4.35. The molecule has 5 nitrogen and oxygen atoms in total. The number of halogens is 1. The summed E-state index contributed by atoms with van der Waals surface area (Å²) in [6, 6.07) is 13.1. The topological polar surface area (TPSA) is 58.6 Å². The van der Waals surface area contributed by atoms with Gasteiger partial charge in [0.05, 0.1) is 13.1 Å². The summed E-state index contributed by atoms with van der Waals surface area (Å²) in [6.45, 7) is 4.66. The second-order valence-electron chi connectivity index (χ2n) is 6.18. The molecular formula is C20H23BrN2O3. The van der Waals surface area contributed by atoms with Crippen molar-refractivity contribution in [2.24, 2.45) is 0 Å². The van der Waals surface area contributed by atoms with Gasteiger partial charge in [-0.2, -0.15) is 0 Å². The smallest absolute Gasteiger partial charge is 0.251 e. The van der Waals surface area contributed by atoms with Crippen molar-refractivity contribution in [3.63, 3.8) is 0 Å². The lowest BCUT2D eigenvalue weighted by Crippen LogP contribution is -2.39. The van der Waals surface area contributed by atoms with Crippen LogP contribution in [-0.2, 0) is 4.79 Å². The Labute approximate surface area is 162 Å². The Morgan fingerprint density at radius 2 is 1.69 bits per heavy atom. The molecule has 0 spiro atoms. The maximum Gasteiger partial charge on any atom is 0.251 e. The van der Waals surface area contributed by atoms with Crippen LogP contribution in [0.5, 0.6) is 5.75 Å². The van der Waals surface area contributed by atoms with Gasteiger partial charge < -0.3 is 15.0 Å². The van der Waals surface area contributed by atoms with E-state index in [0.29, 0.717) is 18.7 Å². The molecule has 0 saturated heterocycles. The predicted molar refractivity (Wildman–Crippen MR) is 106 cm³/mol. The minimum atomic E-state index is -0.246. The number of nitrogens with zero attached hydrogens (tertiary/aromatic N) is 1. The predicted octanol–water partition coefficient (Wildman–Crippen LogP) is 3.33. The van der Waals surface area contributed by atoms with E-state index in [-0.39, 0.29) is 18.4 Å². The Morgan fingerprint density at radius 1 is 1.08 bits per heavy atom. The van der Waals surface area contributed by atoms with E-state index in [9.17, 15) is 9.59 Å². The number of nitrogens with one attached hydrogen (secondary N) is 1. The molecule has 0 aromatic heterocycles. The zero-order valence-corrected chi connectivity index (χ0v) is 16.8. The van der Waals surface area contributed by atoms with Gasteiger partial charge in [0.1, 0.15) is 12.4 Å². The van der Waals surface area contributed by atoms with Crippen LogP contribution in [-0.4, -0.2) is 43.5 Å². The first kappa shape index (κ1) is 20.0. The van der Waals surface area contributed by atoms with Crippen molar-refractivity contribution in [3.05, 3.63) is 63.6 Å². The maximum absolute atomic E-state index is 12.2. The van der Waals surface area contributed by atoms with Gasteiger partial charge in [-0.1, -0.05) is 33.1 Å². The lowest BCUT2D eigenvalue weighted by atomic mass is 10.1. The summed E-state index contributed by atoms with van der Waals surface area (Å²) in [5.41, 5.74) is 2.60. The largest absolute Gasteiger partial charge is 0.492 e. The van der Waals surface area contributed by atoms with Crippen LogP contribution in [0.1, 0.15) is 21.5 Å². The maximum atomic E-state index is 12.2. The number of ether oxygens (including phenoxy) is 1. The number of carbonyl (C=O) groups excluding carboxylic acids is 2. The van der Waals surface area contributed by atoms with Crippen molar-refractivity contribution < 1.29 is 14.3 Å². The van der Waals surface area contributed by atoms with Gasteiger partial charge in [-0.15, -0.1) is 0 Å². The van der Waals surface area contributed by atoms with Gasteiger partial charge in [0.25, 0.3) is 5.91 Å². The second-order valence-corrected chi connectivity index (χ2v) is 7.09. The van der Waals surface area contributed by atoms with Crippen LogP contribution in [0, 0.1) is 13.8 Å². The third kappa shape index (κ3) is 6.19. The second kappa shape index (κ2) is 9.38. The number of hydrogen-bond donors (Lipinski definition) is 1. The highest BCUT2D eigenvalue weighted by atomic mass is 79.9. The molecule has 1 N–H and O–H groups in total. The molecule has 6 heteroatoms. The van der Waals surface area contributed by atoms with Crippen molar-refractivity contribution in [2.45, 2.75) is 13.8 Å². The molecule has 0 aliphatic heterocycles. The molecule has 0 aliphatic carbocycles. The Balaban J connectivity index is 1.75. The Bertz CT molecular complexity index is 755. The van der Waals surface area contributed by atoms with Crippen molar-refractivity contribution in [2.75, 3.05) is 26.7 Å². The van der Waals surface area contributed by atoms with Gasteiger partial charge in [-0.25, -0.2) is 0 Å². The van der Waals surface area contributed by atoms with Crippen LogP contribution >= 0.6 is 15.9 Å². The summed E-state index contributed by atoms with van der Waals surface area (Å²) in [5, 5.41) is 2.67. The van der Waals surface area contributed by atoms with Gasteiger partial charge in [0.15, 0.2) is 0 Å². The molecule has 2 aromatic carbocycles. The van der Waals surface area contributed by atoms with Gasteiger partial charge in [-0.3, -0.25) is 9.59 Å². The molecule has 26 heavy (non-hydrogen) atoms. The number of carbonyl (C=O) groups is 2. The fraction of sp³-hybridized carbons (Fsp3) is 0.300. The average molecular weight is 419 g/mol. The van der Waals surface area contributed by atoms with Crippen LogP contribution in [0.2, 0.25) is 0 Å². The first-order chi connectivity index (χ1) is 12.3. The number of benzene rings is 2. The van der Waals surface area contributed by atoms with Crippen molar-refractivity contribution in [1.82, 2.24) is 10.2 Å². The molecular weight excluding hydrogens is 396 g/mol. The lowest BCUT2D eigenvalue weighted by Gasteiger charge is -2.18. The van der Waals surface area contributed by atoms with Crippen LogP contribution < -0.4 is 10.1 Å². The Morgan fingerprint density at radius 3 is 2.31 bits per heavy atom. The van der Waals surface area contributed by atoms with E-state index in [0.717, 1.165) is 21.3 Å². The summed E-state index contributed by atoms with van der Waals surface area (Å²) in [6.07, 6.45) is 0. The molecule has 2 rings (SSSR count). The van der Waals surface area contributed by atoms with Crippen LogP contribution in [0.25, 0.3) is 0 Å². The molecule has 0 aliphatic rings. The number of likely N-dealkylation sites (N-methyl/N-ethyl adjacent to an activating group) is 1. The van der Waals surface area contributed by atoms with E-state index >= 15 is 0 Å². The highest BCUT2D eigenvalue weighted by molar-refractivity contribution is 9.10. The number of hydrogen-bond acceptors (Lipinski definition) is 3. The molecule has 2 aromatic rings. The molecule has 0 saturated carbocycles. The molecule has 138 valence electrons. The number of amides is 2. The summed E-state index contributed by atoms with van der Waals surface area (Å²) < 4.78 is 6.58. The minimum Gasteiger partial charge on any atom is -0.492 e. The zero-order chi connectivity index (χ0) is 19.1. The third-order valence-electron chi connectivity index (χ3n) is 3.82. The molecule has 0 bridgehead atoms. The Kier molecular flexibility index (Phi) is 7.21. The summed E-state index contributed by atoms with van der Waals surface area (Å²) in [7, 11) is 1.69.